The Bertz CT molecular complexity index is 558. The van der Waals surface area contributed by atoms with E-state index in [2.05, 4.69) is 0 Å². The van der Waals surface area contributed by atoms with E-state index in [0.29, 0.717) is 30.7 Å². The van der Waals surface area contributed by atoms with Crippen LogP contribution in [0.25, 0.3) is 0 Å². The van der Waals surface area contributed by atoms with Gasteiger partial charge in [-0.3, -0.25) is 9.00 Å². The van der Waals surface area contributed by atoms with E-state index < -0.39 is 22.8 Å². The number of hydrogen-bond donors (Lipinski definition) is 1. The summed E-state index contributed by atoms with van der Waals surface area (Å²) in [5.41, 5.74) is 1.28. The summed E-state index contributed by atoms with van der Waals surface area (Å²) < 4.78 is 11.2. The number of likely N-dealkylation sites (tertiary alicyclic amines) is 1. The molecule has 1 fully saturated rings. The van der Waals surface area contributed by atoms with Crippen LogP contribution >= 0.6 is 0 Å². The topological polar surface area (TPSA) is 74.7 Å². The van der Waals surface area contributed by atoms with Crippen LogP contribution < -0.4 is 0 Å². The van der Waals surface area contributed by atoms with Crippen LogP contribution in [0.4, 0.5) is 0 Å². The van der Waals surface area contributed by atoms with E-state index in [4.69, 9.17) is 5.11 Å². The number of carbonyl (C=O) groups is 2. The first-order chi connectivity index (χ1) is 9.49. The molecule has 6 heteroatoms. The van der Waals surface area contributed by atoms with Crippen LogP contribution in [-0.2, 0) is 21.3 Å². The molecular weight excluding hydrogens is 278 g/mol. The quantitative estimate of drug-likeness (QED) is 0.907. The summed E-state index contributed by atoms with van der Waals surface area (Å²) in [6.45, 7) is 0.472. The van der Waals surface area contributed by atoms with E-state index in [1.54, 1.807) is 24.5 Å². The normalized spacial score (nSPS) is 19.9. The molecule has 1 aromatic rings. The van der Waals surface area contributed by atoms with Crippen molar-refractivity contribution in [3.05, 3.63) is 35.4 Å². The maximum atomic E-state index is 12.4. The largest absolute Gasteiger partial charge is 0.480 e. The van der Waals surface area contributed by atoms with Gasteiger partial charge < -0.3 is 10.0 Å². The molecule has 1 saturated heterocycles. The summed E-state index contributed by atoms with van der Waals surface area (Å²) in [4.78, 5) is 24.9. The predicted octanol–water partition coefficient (Wildman–Crippen LogP) is 1.25. The fourth-order valence-electron chi connectivity index (χ4n) is 2.46. The molecule has 1 aliphatic rings. The van der Waals surface area contributed by atoms with Crippen LogP contribution in [0.2, 0.25) is 0 Å². The molecule has 2 rings (SSSR count). The lowest BCUT2D eigenvalue weighted by Gasteiger charge is -2.21. The molecule has 1 aliphatic heterocycles. The van der Waals surface area contributed by atoms with E-state index >= 15 is 0 Å². The summed E-state index contributed by atoms with van der Waals surface area (Å²) >= 11 is 0. The van der Waals surface area contributed by atoms with Crippen LogP contribution in [0.1, 0.15) is 28.8 Å². The maximum Gasteiger partial charge on any atom is 0.326 e. The lowest BCUT2D eigenvalue weighted by Crippen LogP contribution is -2.40. The molecular formula is C14H17NO4S. The highest BCUT2D eigenvalue weighted by molar-refractivity contribution is 7.83. The Kier molecular flexibility index (Phi) is 4.54. The highest BCUT2D eigenvalue weighted by Gasteiger charge is 2.34. The highest BCUT2D eigenvalue weighted by atomic mass is 32.2. The van der Waals surface area contributed by atoms with Crippen molar-refractivity contribution in [2.24, 2.45) is 0 Å². The lowest BCUT2D eigenvalue weighted by molar-refractivity contribution is -0.141. The van der Waals surface area contributed by atoms with Crippen LogP contribution in [0.15, 0.2) is 24.3 Å². The summed E-state index contributed by atoms with van der Waals surface area (Å²) in [5, 5.41) is 9.12. The van der Waals surface area contributed by atoms with Crippen LogP contribution in [-0.4, -0.2) is 44.9 Å². The second-order valence-corrected chi connectivity index (χ2v) is 6.35. The van der Waals surface area contributed by atoms with Gasteiger partial charge in [-0.15, -0.1) is 0 Å². The zero-order valence-electron chi connectivity index (χ0n) is 11.2. The van der Waals surface area contributed by atoms with E-state index in [9.17, 15) is 13.8 Å². The van der Waals surface area contributed by atoms with Gasteiger partial charge >= 0.3 is 5.97 Å². The zero-order chi connectivity index (χ0) is 14.7. The van der Waals surface area contributed by atoms with Crippen molar-refractivity contribution in [3.8, 4) is 0 Å². The zero-order valence-corrected chi connectivity index (χ0v) is 12.1. The van der Waals surface area contributed by atoms with Crippen molar-refractivity contribution < 1.29 is 18.9 Å². The Labute approximate surface area is 120 Å². The third kappa shape index (κ3) is 3.25. The third-order valence-corrected chi connectivity index (χ3v) is 4.08. The average Bonchev–Trinajstić information content (AvgIpc) is 2.86. The number of aliphatic carboxylic acids is 1. The fourth-order valence-corrected chi connectivity index (χ4v) is 3.11. The molecule has 1 heterocycles. The van der Waals surface area contributed by atoms with E-state index in [-0.39, 0.29) is 5.91 Å². The molecule has 5 nitrogen and oxygen atoms in total. The van der Waals surface area contributed by atoms with Crippen molar-refractivity contribution in [2.75, 3.05) is 12.8 Å². The third-order valence-electron chi connectivity index (χ3n) is 3.34. The molecule has 0 aromatic heterocycles. The summed E-state index contributed by atoms with van der Waals surface area (Å²) in [6, 6.07) is 6.19. The molecule has 0 bridgehead atoms. The molecule has 20 heavy (non-hydrogen) atoms. The van der Waals surface area contributed by atoms with Crippen LogP contribution in [0.5, 0.6) is 0 Å². The summed E-state index contributed by atoms with van der Waals surface area (Å²) in [6.07, 6.45) is 2.82. The van der Waals surface area contributed by atoms with Gasteiger partial charge in [-0.05, 0) is 30.5 Å². The summed E-state index contributed by atoms with van der Waals surface area (Å²) in [7, 11) is -0.973. The van der Waals surface area contributed by atoms with Crippen molar-refractivity contribution in [1.82, 2.24) is 4.90 Å². The van der Waals surface area contributed by atoms with Crippen LogP contribution in [0, 0.1) is 0 Å². The Morgan fingerprint density at radius 2 is 2.20 bits per heavy atom. The lowest BCUT2D eigenvalue weighted by atomic mass is 10.1. The minimum Gasteiger partial charge on any atom is -0.480 e. The first-order valence-corrected chi connectivity index (χ1v) is 8.14. The standard InChI is InChI=1S/C14H17NO4S/c1-20(19)9-10-4-2-5-11(8-10)13(16)15-7-3-6-12(15)14(17)18/h2,4-5,8,12H,3,6-7,9H2,1H3,(H,17,18)/t12-,20?/m0/s1. The molecule has 2 atom stereocenters. The van der Waals surface area contributed by atoms with Gasteiger partial charge in [0.1, 0.15) is 6.04 Å². The van der Waals surface area contributed by atoms with Gasteiger partial charge in [-0.25, -0.2) is 4.79 Å². The minimum absolute atomic E-state index is 0.265. The predicted molar refractivity (Wildman–Crippen MR) is 75.9 cm³/mol. The maximum absolute atomic E-state index is 12.4. The van der Waals surface area contributed by atoms with Crippen LogP contribution in [0.3, 0.4) is 0 Å². The van der Waals surface area contributed by atoms with Gasteiger partial charge in [-0.1, -0.05) is 12.1 Å². The molecule has 108 valence electrons. The smallest absolute Gasteiger partial charge is 0.326 e. The van der Waals surface area contributed by atoms with E-state index in [0.717, 1.165) is 5.56 Å². The molecule has 1 unspecified atom stereocenters. The van der Waals surface area contributed by atoms with Crippen molar-refractivity contribution in [2.45, 2.75) is 24.6 Å². The first-order valence-electron chi connectivity index (χ1n) is 6.42. The Hall–Kier alpha value is -1.69. The number of carbonyl (C=O) groups excluding carboxylic acids is 1. The number of rotatable bonds is 4. The average molecular weight is 295 g/mol. The second-order valence-electron chi connectivity index (χ2n) is 4.91. The number of amides is 1. The second kappa shape index (κ2) is 6.17. The van der Waals surface area contributed by atoms with Crippen molar-refractivity contribution >= 4 is 22.7 Å². The van der Waals surface area contributed by atoms with Crippen molar-refractivity contribution in [1.29, 1.82) is 0 Å². The number of carboxylic acid groups (broad SMARTS) is 1. The van der Waals surface area contributed by atoms with Gasteiger partial charge in [-0.2, -0.15) is 0 Å². The van der Waals surface area contributed by atoms with E-state index in [1.807, 2.05) is 6.07 Å². The number of carboxylic acids is 1. The molecule has 0 radical (unpaired) electrons. The molecule has 1 amide bonds. The minimum atomic E-state index is -0.973. The molecule has 1 N–H and O–H groups in total. The number of hydrogen-bond acceptors (Lipinski definition) is 3. The molecule has 0 aliphatic carbocycles. The van der Waals surface area contributed by atoms with Gasteiger partial charge in [0, 0.05) is 34.9 Å². The number of nitrogens with zero attached hydrogens (tertiary/aromatic N) is 1. The van der Waals surface area contributed by atoms with Gasteiger partial charge in [0.2, 0.25) is 0 Å². The monoisotopic (exact) mass is 295 g/mol. The SMILES string of the molecule is CS(=O)Cc1cccc(C(=O)N2CCC[C@H]2C(=O)O)c1. The Morgan fingerprint density at radius 1 is 1.45 bits per heavy atom. The Morgan fingerprint density at radius 3 is 2.85 bits per heavy atom. The first kappa shape index (κ1) is 14.7. The molecule has 0 saturated carbocycles. The highest BCUT2D eigenvalue weighted by Crippen LogP contribution is 2.21. The van der Waals surface area contributed by atoms with Crippen molar-refractivity contribution in [3.63, 3.8) is 0 Å². The molecule has 0 spiro atoms. The van der Waals surface area contributed by atoms with Gasteiger partial charge in [0.15, 0.2) is 0 Å². The fraction of sp³-hybridized carbons (Fsp3) is 0.429. The van der Waals surface area contributed by atoms with Gasteiger partial charge in [0.25, 0.3) is 5.91 Å². The Balaban J connectivity index is 2.20. The van der Waals surface area contributed by atoms with E-state index in [1.165, 1.54) is 4.90 Å². The summed E-state index contributed by atoms with van der Waals surface area (Å²) in [5.74, 6) is -0.830. The van der Waals surface area contributed by atoms with Gasteiger partial charge in [0.05, 0.1) is 0 Å². The number of benzene rings is 1. The molecule has 1 aromatic carbocycles.